The molecular formula is C16H22ClN. The van der Waals surface area contributed by atoms with E-state index in [1.165, 1.54) is 44.1 Å². The van der Waals surface area contributed by atoms with Gasteiger partial charge >= 0.3 is 0 Å². The number of halogens is 1. The van der Waals surface area contributed by atoms with Crippen molar-refractivity contribution in [2.45, 2.75) is 43.9 Å². The van der Waals surface area contributed by atoms with E-state index < -0.39 is 0 Å². The van der Waals surface area contributed by atoms with E-state index in [9.17, 15) is 0 Å². The van der Waals surface area contributed by atoms with Gasteiger partial charge in [0.1, 0.15) is 0 Å². The number of nitrogens with one attached hydrogen (secondary N) is 1. The highest BCUT2D eigenvalue weighted by molar-refractivity contribution is 6.30. The third kappa shape index (κ3) is 1.98. The summed E-state index contributed by atoms with van der Waals surface area (Å²) >= 11 is 6.00. The number of rotatable bonds is 3. The van der Waals surface area contributed by atoms with Crippen LogP contribution < -0.4 is 5.32 Å². The third-order valence-electron chi connectivity index (χ3n) is 5.06. The van der Waals surface area contributed by atoms with E-state index in [-0.39, 0.29) is 0 Å². The zero-order valence-electron chi connectivity index (χ0n) is 11.1. The molecular weight excluding hydrogens is 242 g/mol. The first-order chi connectivity index (χ1) is 8.68. The highest BCUT2D eigenvalue weighted by Crippen LogP contribution is 2.62. The summed E-state index contributed by atoms with van der Waals surface area (Å²) in [6, 6.07) is 8.52. The van der Waals surface area contributed by atoms with Gasteiger partial charge in [0.2, 0.25) is 0 Å². The molecule has 3 rings (SSSR count). The van der Waals surface area contributed by atoms with Crippen LogP contribution in [-0.4, -0.2) is 13.6 Å². The molecule has 0 amide bonds. The molecule has 0 saturated heterocycles. The molecule has 2 aliphatic rings. The minimum atomic E-state index is 0.365. The molecule has 0 heterocycles. The Labute approximate surface area is 115 Å². The molecule has 0 aromatic heterocycles. The first-order valence-electron chi connectivity index (χ1n) is 7.09. The fraction of sp³-hybridized carbons (Fsp3) is 0.625. The van der Waals surface area contributed by atoms with Crippen molar-refractivity contribution in [2.24, 2.45) is 5.41 Å². The summed E-state index contributed by atoms with van der Waals surface area (Å²) in [5, 5.41) is 4.24. The quantitative estimate of drug-likeness (QED) is 0.864. The Hall–Kier alpha value is -0.530. The third-order valence-corrected chi connectivity index (χ3v) is 5.31. The van der Waals surface area contributed by atoms with Gasteiger partial charge in [0.25, 0.3) is 0 Å². The maximum atomic E-state index is 6.00. The van der Waals surface area contributed by atoms with Crippen molar-refractivity contribution < 1.29 is 0 Å². The Morgan fingerprint density at radius 1 is 1.11 bits per heavy atom. The van der Waals surface area contributed by atoms with Crippen LogP contribution in [-0.2, 0) is 5.41 Å². The average molecular weight is 264 g/mol. The highest BCUT2D eigenvalue weighted by Gasteiger charge is 2.55. The molecule has 18 heavy (non-hydrogen) atoms. The van der Waals surface area contributed by atoms with Crippen molar-refractivity contribution in [3.63, 3.8) is 0 Å². The molecule has 1 spiro atoms. The van der Waals surface area contributed by atoms with Gasteiger partial charge in [0.05, 0.1) is 0 Å². The Bertz CT molecular complexity index is 409. The molecule has 0 atom stereocenters. The summed E-state index contributed by atoms with van der Waals surface area (Å²) < 4.78 is 0. The standard InChI is InChI=1S/C16H22ClN/c1-18-12-16(13-4-6-14(17)7-5-13)10-15(11-16)8-2-3-9-15/h4-7,18H,2-3,8-12H2,1H3. The van der Waals surface area contributed by atoms with Crippen LogP contribution in [0.2, 0.25) is 5.02 Å². The fourth-order valence-electron chi connectivity index (χ4n) is 4.44. The molecule has 98 valence electrons. The van der Waals surface area contributed by atoms with Crippen LogP contribution in [0.4, 0.5) is 0 Å². The van der Waals surface area contributed by atoms with E-state index in [0.29, 0.717) is 10.8 Å². The van der Waals surface area contributed by atoms with Crippen LogP contribution in [0.25, 0.3) is 0 Å². The van der Waals surface area contributed by atoms with Gasteiger partial charge < -0.3 is 5.32 Å². The van der Waals surface area contributed by atoms with Gasteiger partial charge in [0, 0.05) is 17.0 Å². The van der Waals surface area contributed by atoms with Gasteiger partial charge in [-0.05, 0) is 55.8 Å². The molecule has 2 fully saturated rings. The van der Waals surface area contributed by atoms with E-state index in [0.717, 1.165) is 11.6 Å². The average Bonchev–Trinajstić information content (AvgIpc) is 2.78. The summed E-state index contributed by atoms with van der Waals surface area (Å²) in [6.45, 7) is 1.09. The van der Waals surface area contributed by atoms with Crippen molar-refractivity contribution in [1.29, 1.82) is 0 Å². The summed E-state index contributed by atoms with van der Waals surface area (Å²) in [5.41, 5.74) is 2.51. The molecule has 0 bridgehead atoms. The van der Waals surface area contributed by atoms with Gasteiger partial charge in [-0.3, -0.25) is 0 Å². The second-order valence-corrected chi connectivity index (χ2v) is 6.81. The van der Waals surface area contributed by atoms with Crippen molar-refractivity contribution >= 4 is 11.6 Å². The summed E-state index contributed by atoms with van der Waals surface area (Å²) in [5.74, 6) is 0. The second-order valence-electron chi connectivity index (χ2n) is 6.38. The van der Waals surface area contributed by atoms with Gasteiger partial charge in [-0.15, -0.1) is 0 Å². The van der Waals surface area contributed by atoms with Gasteiger partial charge in [-0.1, -0.05) is 36.6 Å². The molecule has 1 nitrogen and oxygen atoms in total. The summed E-state index contributed by atoms with van der Waals surface area (Å²) in [7, 11) is 2.07. The predicted molar refractivity (Wildman–Crippen MR) is 77.2 cm³/mol. The number of hydrogen-bond donors (Lipinski definition) is 1. The van der Waals surface area contributed by atoms with Crippen molar-refractivity contribution in [3.8, 4) is 0 Å². The molecule has 2 saturated carbocycles. The first-order valence-corrected chi connectivity index (χ1v) is 7.47. The number of hydrogen-bond acceptors (Lipinski definition) is 1. The molecule has 1 aromatic rings. The van der Waals surface area contributed by atoms with Crippen LogP contribution in [0.15, 0.2) is 24.3 Å². The van der Waals surface area contributed by atoms with E-state index >= 15 is 0 Å². The first kappa shape index (κ1) is 12.5. The lowest BCUT2D eigenvalue weighted by atomic mass is 9.49. The maximum absolute atomic E-state index is 6.00. The SMILES string of the molecule is CNCC1(c2ccc(Cl)cc2)CC2(CCCC2)C1. The van der Waals surface area contributed by atoms with Crippen molar-refractivity contribution in [2.75, 3.05) is 13.6 Å². The molecule has 1 N–H and O–H groups in total. The largest absolute Gasteiger partial charge is 0.319 e. The van der Waals surface area contributed by atoms with E-state index in [1.54, 1.807) is 0 Å². The Morgan fingerprint density at radius 2 is 1.72 bits per heavy atom. The van der Waals surface area contributed by atoms with Crippen LogP contribution in [0, 0.1) is 5.41 Å². The van der Waals surface area contributed by atoms with Gasteiger partial charge in [0.15, 0.2) is 0 Å². The lowest BCUT2D eigenvalue weighted by Gasteiger charge is -2.56. The lowest BCUT2D eigenvalue weighted by molar-refractivity contribution is 0.0282. The maximum Gasteiger partial charge on any atom is 0.0406 e. The molecule has 0 radical (unpaired) electrons. The monoisotopic (exact) mass is 263 g/mol. The second kappa shape index (κ2) is 4.54. The normalized spacial score (nSPS) is 24.1. The van der Waals surface area contributed by atoms with Gasteiger partial charge in [-0.25, -0.2) is 0 Å². The van der Waals surface area contributed by atoms with Crippen LogP contribution in [0.3, 0.4) is 0 Å². The number of likely N-dealkylation sites (N-methyl/N-ethyl adjacent to an activating group) is 1. The molecule has 2 aliphatic carbocycles. The van der Waals surface area contributed by atoms with E-state index in [2.05, 4.69) is 24.5 Å². The number of benzene rings is 1. The minimum Gasteiger partial charge on any atom is -0.319 e. The Morgan fingerprint density at radius 3 is 2.28 bits per heavy atom. The van der Waals surface area contributed by atoms with Crippen LogP contribution in [0.5, 0.6) is 0 Å². The highest BCUT2D eigenvalue weighted by atomic mass is 35.5. The van der Waals surface area contributed by atoms with Crippen molar-refractivity contribution in [3.05, 3.63) is 34.9 Å². The van der Waals surface area contributed by atoms with E-state index in [1.807, 2.05) is 12.1 Å². The minimum absolute atomic E-state index is 0.365. The summed E-state index contributed by atoms with van der Waals surface area (Å²) in [4.78, 5) is 0. The molecule has 0 aliphatic heterocycles. The van der Waals surface area contributed by atoms with Crippen LogP contribution in [0.1, 0.15) is 44.1 Å². The predicted octanol–water partition coefficient (Wildman–Crippen LogP) is 4.15. The smallest absolute Gasteiger partial charge is 0.0406 e. The fourth-order valence-corrected chi connectivity index (χ4v) is 4.56. The van der Waals surface area contributed by atoms with Gasteiger partial charge in [-0.2, -0.15) is 0 Å². The molecule has 2 heteroatoms. The molecule has 1 aromatic carbocycles. The Balaban J connectivity index is 1.83. The summed E-state index contributed by atoms with van der Waals surface area (Å²) in [6.07, 6.45) is 8.51. The Kier molecular flexibility index (Phi) is 3.15. The topological polar surface area (TPSA) is 12.0 Å². The van der Waals surface area contributed by atoms with Crippen LogP contribution >= 0.6 is 11.6 Å². The zero-order chi connectivity index (χ0) is 12.6. The van der Waals surface area contributed by atoms with Crippen molar-refractivity contribution in [1.82, 2.24) is 5.32 Å². The zero-order valence-corrected chi connectivity index (χ0v) is 11.9. The lowest BCUT2D eigenvalue weighted by Crippen LogP contribution is -2.53. The van der Waals surface area contributed by atoms with E-state index in [4.69, 9.17) is 11.6 Å². The molecule has 0 unspecified atom stereocenters.